The van der Waals surface area contributed by atoms with Crippen LogP contribution in [0.4, 0.5) is 13.2 Å². The Morgan fingerprint density at radius 2 is 2.24 bits per heavy atom. The minimum absolute atomic E-state index is 0.370. The molecular weight excluding hydrogens is 237 g/mol. The number of carbonyl (C=O) groups excluding carboxylic acids is 1. The fraction of sp³-hybridized carbons (Fsp3) is 0.500. The topological polar surface area (TPSA) is 54.3 Å². The summed E-state index contributed by atoms with van der Waals surface area (Å²) in [5.74, 6) is 0.0346. The van der Waals surface area contributed by atoms with Gasteiger partial charge in [-0.1, -0.05) is 0 Å². The summed E-state index contributed by atoms with van der Waals surface area (Å²) in [4.78, 5) is 11.3. The summed E-state index contributed by atoms with van der Waals surface area (Å²) in [5, 5.41) is 4.51. The van der Waals surface area contributed by atoms with Crippen molar-refractivity contribution in [2.75, 3.05) is 13.1 Å². The molecule has 7 heteroatoms. The number of hydrogen-bond acceptors (Lipinski definition) is 3. The molecule has 0 spiro atoms. The van der Waals surface area contributed by atoms with Crippen molar-refractivity contribution in [3.63, 3.8) is 0 Å². The van der Waals surface area contributed by atoms with Crippen LogP contribution in [-0.2, 0) is 4.79 Å². The van der Waals surface area contributed by atoms with Gasteiger partial charge < -0.3 is 15.1 Å². The molecule has 2 N–H and O–H groups in total. The normalized spacial score (nSPS) is 13.4. The lowest BCUT2D eigenvalue weighted by atomic mass is 10.2. The number of nitrogens with one attached hydrogen (secondary N) is 2. The summed E-state index contributed by atoms with van der Waals surface area (Å²) in [6, 6.07) is 2.97. The highest BCUT2D eigenvalue weighted by Gasteiger charge is 2.26. The molecule has 1 heterocycles. The van der Waals surface area contributed by atoms with Crippen LogP contribution in [0.1, 0.15) is 18.7 Å². The average molecular weight is 250 g/mol. The number of rotatable bonds is 5. The molecule has 0 aliphatic rings. The Labute approximate surface area is 96.2 Å². The number of amides is 1. The van der Waals surface area contributed by atoms with Crippen molar-refractivity contribution in [2.24, 2.45) is 0 Å². The molecule has 1 aromatic rings. The third-order valence-electron chi connectivity index (χ3n) is 1.96. The zero-order valence-electron chi connectivity index (χ0n) is 9.17. The molecule has 0 aliphatic heterocycles. The quantitative estimate of drug-likeness (QED) is 0.834. The van der Waals surface area contributed by atoms with Gasteiger partial charge in [0.05, 0.1) is 25.4 Å². The molecule has 0 fully saturated rings. The molecule has 0 saturated carbocycles. The van der Waals surface area contributed by atoms with Crippen molar-refractivity contribution >= 4 is 5.91 Å². The van der Waals surface area contributed by atoms with Crippen molar-refractivity contribution in [3.05, 3.63) is 24.2 Å². The van der Waals surface area contributed by atoms with Gasteiger partial charge in [-0.15, -0.1) is 0 Å². The fourth-order valence-electron chi connectivity index (χ4n) is 1.22. The van der Waals surface area contributed by atoms with E-state index in [1.54, 1.807) is 19.1 Å². The number of alkyl halides is 3. The Morgan fingerprint density at radius 1 is 1.53 bits per heavy atom. The number of halogens is 3. The van der Waals surface area contributed by atoms with Crippen molar-refractivity contribution in [2.45, 2.75) is 19.1 Å². The van der Waals surface area contributed by atoms with E-state index in [1.165, 1.54) is 6.26 Å². The van der Waals surface area contributed by atoms with Gasteiger partial charge >= 0.3 is 6.18 Å². The molecule has 0 saturated heterocycles. The Hall–Kier alpha value is -1.50. The third-order valence-corrected chi connectivity index (χ3v) is 1.96. The molecule has 96 valence electrons. The largest absolute Gasteiger partial charge is 0.467 e. The van der Waals surface area contributed by atoms with Crippen LogP contribution in [0, 0.1) is 0 Å². The molecule has 4 nitrogen and oxygen atoms in total. The maximum atomic E-state index is 11.8. The summed E-state index contributed by atoms with van der Waals surface area (Å²) in [6.45, 7) is 0.112. The van der Waals surface area contributed by atoms with Gasteiger partial charge in [-0.2, -0.15) is 13.2 Å². The monoisotopic (exact) mass is 250 g/mol. The Kier molecular flexibility index (Phi) is 4.56. The van der Waals surface area contributed by atoms with Crippen LogP contribution in [0.3, 0.4) is 0 Å². The molecule has 1 rings (SSSR count). The fourth-order valence-corrected chi connectivity index (χ4v) is 1.22. The van der Waals surface area contributed by atoms with E-state index in [0.717, 1.165) is 0 Å². The average Bonchev–Trinajstić information content (AvgIpc) is 2.67. The lowest BCUT2D eigenvalue weighted by Gasteiger charge is -2.12. The first-order valence-corrected chi connectivity index (χ1v) is 4.99. The van der Waals surface area contributed by atoms with Crippen LogP contribution >= 0.6 is 0 Å². The van der Waals surface area contributed by atoms with Gasteiger partial charge in [0.15, 0.2) is 0 Å². The highest BCUT2D eigenvalue weighted by Crippen LogP contribution is 2.13. The Bertz CT molecular complexity index is 349. The van der Waals surface area contributed by atoms with Crippen LogP contribution in [0.25, 0.3) is 0 Å². The first-order valence-electron chi connectivity index (χ1n) is 4.99. The van der Waals surface area contributed by atoms with Gasteiger partial charge in [0.2, 0.25) is 5.91 Å². The van der Waals surface area contributed by atoms with E-state index in [0.29, 0.717) is 5.76 Å². The van der Waals surface area contributed by atoms with Crippen LogP contribution in [-0.4, -0.2) is 25.2 Å². The van der Waals surface area contributed by atoms with Gasteiger partial charge in [-0.25, -0.2) is 0 Å². The smallest absolute Gasteiger partial charge is 0.401 e. The van der Waals surface area contributed by atoms with Gasteiger partial charge in [0.1, 0.15) is 5.76 Å². The molecular formula is C10H13F3N2O2. The molecule has 0 aliphatic carbocycles. The van der Waals surface area contributed by atoms with E-state index in [9.17, 15) is 18.0 Å². The Balaban J connectivity index is 2.26. The second-order valence-electron chi connectivity index (χ2n) is 3.52. The first-order chi connectivity index (χ1) is 7.88. The summed E-state index contributed by atoms with van der Waals surface area (Å²) < 4.78 is 40.4. The minimum atomic E-state index is -4.31. The molecule has 0 bridgehead atoms. The van der Waals surface area contributed by atoms with Crippen molar-refractivity contribution in [1.82, 2.24) is 10.6 Å². The molecule has 1 atom stereocenters. The number of hydrogen-bond donors (Lipinski definition) is 2. The van der Waals surface area contributed by atoms with Gasteiger partial charge in [0, 0.05) is 0 Å². The molecule has 1 aromatic heterocycles. The number of carbonyl (C=O) groups is 1. The minimum Gasteiger partial charge on any atom is -0.467 e. The van der Waals surface area contributed by atoms with E-state index in [2.05, 4.69) is 5.32 Å². The molecule has 0 unspecified atom stereocenters. The molecule has 0 radical (unpaired) electrons. The SMILES string of the molecule is C[C@@H](NC(=O)CNCC(F)(F)F)c1ccco1. The second-order valence-corrected chi connectivity index (χ2v) is 3.52. The van der Waals surface area contributed by atoms with E-state index in [-0.39, 0.29) is 12.6 Å². The van der Waals surface area contributed by atoms with Crippen LogP contribution in [0.2, 0.25) is 0 Å². The van der Waals surface area contributed by atoms with E-state index >= 15 is 0 Å². The highest BCUT2D eigenvalue weighted by molar-refractivity contribution is 5.78. The Morgan fingerprint density at radius 3 is 2.76 bits per heavy atom. The maximum Gasteiger partial charge on any atom is 0.401 e. The molecule has 0 aromatic carbocycles. The first kappa shape index (κ1) is 13.6. The summed E-state index contributed by atoms with van der Waals surface area (Å²) in [7, 11) is 0. The molecule has 1 amide bonds. The standard InChI is InChI=1S/C10H13F3N2O2/c1-7(8-3-2-4-17-8)15-9(16)5-14-6-10(11,12)13/h2-4,7,14H,5-6H2,1H3,(H,15,16)/t7-/m1/s1. The summed E-state index contributed by atoms with van der Waals surface area (Å²) in [5.41, 5.74) is 0. The predicted molar refractivity (Wildman–Crippen MR) is 54.2 cm³/mol. The van der Waals surface area contributed by atoms with Gasteiger partial charge in [-0.3, -0.25) is 4.79 Å². The summed E-state index contributed by atoms with van der Waals surface area (Å²) >= 11 is 0. The van der Waals surface area contributed by atoms with Crippen molar-refractivity contribution in [1.29, 1.82) is 0 Å². The highest BCUT2D eigenvalue weighted by atomic mass is 19.4. The van der Waals surface area contributed by atoms with Gasteiger partial charge in [-0.05, 0) is 19.1 Å². The third kappa shape index (κ3) is 5.39. The van der Waals surface area contributed by atoms with Crippen molar-refractivity contribution in [3.8, 4) is 0 Å². The lowest BCUT2D eigenvalue weighted by molar-refractivity contribution is -0.128. The van der Waals surface area contributed by atoms with Crippen LogP contribution in [0.5, 0.6) is 0 Å². The van der Waals surface area contributed by atoms with Crippen LogP contribution < -0.4 is 10.6 Å². The molecule has 17 heavy (non-hydrogen) atoms. The number of furan rings is 1. The van der Waals surface area contributed by atoms with Crippen molar-refractivity contribution < 1.29 is 22.4 Å². The predicted octanol–water partition coefficient (Wildman–Crippen LogP) is 1.61. The maximum absolute atomic E-state index is 11.8. The van der Waals surface area contributed by atoms with E-state index in [1.807, 2.05) is 5.32 Å². The summed E-state index contributed by atoms with van der Waals surface area (Å²) in [6.07, 6.45) is -2.85. The zero-order valence-corrected chi connectivity index (χ0v) is 9.17. The van der Waals surface area contributed by atoms with E-state index in [4.69, 9.17) is 4.42 Å². The van der Waals surface area contributed by atoms with Crippen LogP contribution in [0.15, 0.2) is 22.8 Å². The zero-order chi connectivity index (χ0) is 12.9. The second kappa shape index (κ2) is 5.72. The van der Waals surface area contributed by atoms with Gasteiger partial charge in [0.25, 0.3) is 0 Å². The lowest BCUT2D eigenvalue weighted by Crippen LogP contribution is -2.39. The van der Waals surface area contributed by atoms with E-state index < -0.39 is 18.6 Å².